The molecule has 0 radical (unpaired) electrons. The second-order valence-corrected chi connectivity index (χ2v) is 5.89. The van der Waals surface area contributed by atoms with Crippen LogP contribution in [0.15, 0.2) is 41.2 Å². The van der Waals surface area contributed by atoms with Gasteiger partial charge in [0.15, 0.2) is 11.5 Å². The number of rotatable bonds is 3. The molecule has 1 aliphatic heterocycles. The van der Waals surface area contributed by atoms with Crippen LogP contribution >= 0.6 is 0 Å². The minimum absolute atomic E-state index is 0.00107. The summed E-state index contributed by atoms with van der Waals surface area (Å²) in [5.41, 5.74) is -1.52. The number of fused-ring (bicyclic) bond motifs is 2. The van der Waals surface area contributed by atoms with E-state index in [0.717, 1.165) is 18.2 Å². The topological polar surface area (TPSA) is 90.5 Å². The lowest BCUT2D eigenvalue weighted by molar-refractivity contribution is -0.137. The first-order valence-electron chi connectivity index (χ1n) is 7.98. The third kappa shape index (κ3) is 3.36. The molecule has 10 heteroatoms. The number of hydrogen-bond donors (Lipinski definition) is 1. The molecule has 2 aromatic carbocycles. The highest BCUT2D eigenvalue weighted by Gasteiger charge is 2.30. The van der Waals surface area contributed by atoms with Crippen molar-refractivity contribution in [1.82, 2.24) is 9.97 Å². The lowest BCUT2D eigenvalue weighted by atomic mass is 10.1. The van der Waals surface area contributed by atoms with Gasteiger partial charge in [-0.25, -0.2) is 9.78 Å². The lowest BCUT2D eigenvalue weighted by Gasteiger charge is -2.09. The average molecular weight is 392 g/mol. The normalized spacial score (nSPS) is 13.0. The maximum Gasteiger partial charge on any atom is 0.416 e. The molecule has 1 aliphatic rings. The van der Waals surface area contributed by atoms with E-state index in [1.807, 2.05) is 0 Å². The molecule has 1 aromatic heterocycles. The lowest BCUT2D eigenvalue weighted by Crippen LogP contribution is -2.15. The van der Waals surface area contributed by atoms with Crippen LogP contribution in [0.3, 0.4) is 0 Å². The fourth-order valence-corrected chi connectivity index (χ4v) is 2.67. The van der Waals surface area contributed by atoms with Gasteiger partial charge in [0.1, 0.15) is 12.4 Å². The summed E-state index contributed by atoms with van der Waals surface area (Å²) in [5, 5.41) is -0.00107. The van der Waals surface area contributed by atoms with Crippen LogP contribution in [-0.4, -0.2) is 22.7 Å². The van der Waals surface area contributed by atoms with Gasteiger partial charge in [0.2, 0.25) is 6.79 Å². The number of aromatic amines is 1. The Hall–Kier alpha value is -3.56. The second-order valence-electron chi connectivity index (χ2n) is 5.89. The Kier molecular flexibility index (Phi) is 4.17. The summed E-state index contributed by atoms with van der Waals surface area (Å²) < 4.78 is 54.0. The number of nitrogens with one attached hydrogen (secondary N) is 1. The molecular weight excluding hydrogens is 381 g/mol. The van der Waals surface area contributed by atoms with Gasteiger partial charge in [-0.3, -0.25) is 4.79 Å². The molecule has 0 bridgehead atoms. The number of nitrogens with zero attached hydrogens (tertiary/aromatic N) is 1. The number of benzene rings is 2. The SMILES string of the molecule is O=C(OCc1nc2cc(C(F)(F)F)ccc2c(=O)[nH]1)c1ccc2c(c1)OCO2. The second kappa shape index (κ2) is 6.55. The number of halogens is 3. The van der Waals surface area contributed by atoms with Crippen LogP contribution in [0.1, 0.15) is 21.7 Å². The summed E-state index contributed by atoms with van der Waals surface area (Å²) in [6.45, 7) is -0.370. The van der Waals surface area contributed by atoms with Crippen LogP contribution in [0.5, 0.6) is 11.5 Å². The summed E-state index contributed by atoms with van der Waals surface area (Å²) in [4.78, 5) is 30.6. The first kappa shape index (κ1) is 17.8. The van der Waals surface area contributed by atoms with Crippen LogP contribution < -0.4 is 15.0 Å². The quantitative estimate of drug-likeness (QED) is 0.689. The Bertz CT molecular complexity index is 1140. The molecule has 0 spiro atoms. The van der Waals surface area contributed by atoms with Crippen LogP contribution in [0.2, 0.25) is 0 Å². The Balaban J connectivity index is 1.56. The van der Waals surface area contributed by atoms with Crippen molar-refractivity contribution in [3.8, 4) is 11.5 Å². The standard InChI is InChI=1S/C18H11F3N2O5/c19-18(20,21)10-2-3-11-12(6-10)22-15(23-16(11)24)7-26-17(25)9-1-4-13-14(5-9)28-8-27-13/h1-6H,7-8H2,(H,22,23,24). The largest absolute Gasteiger partial charge is 0.454 e. The van der Waals surface area contributed by atoms with Crippen LogP contribution in [0.4, 0.5) is 13.2 Å². The Morgan fingerprint density at radius 3 is 2.71 bits per heavy atom. The maximum absolute atomic E-state index is 12.9. The van der Waals surface area contributed by atoms with E-state index < -0.39 is 29.9 Å². The van der Waals surface area contributed by atoms with Gasteiger partial charge in [-0.2, -0.15) is 13.2 Å². The number of carbonyl (C=O) groups excluding carboxylic acids is 1. The van der Waals surface area contributed by atoms with E-state index in [1.165, 1.54) is 12.1 Å². The predicted octanol–water partition coefficient (Wildman–Crippen LogP) is 3.03. The molecule has 0 saturated carbocycles. The van der Waals surface area contributed by atoms with Gasteiger partial charge in [0, 0.05) is 0 Å². The van der Waals surface area contributed by atoms with E-state index in [4.69, 9.17) is 14.2 Å². The molecule has 0 unspecified atom stereocenters. The molecule has 0 aliphatic carbocycles. The molecule has 0 saturated heterocycles. The van der Waals surface area contributed by atoms with Gasteiger partial charge in [-0.15, -0.1) is 0 Å². The summed E-state index contributed by atoms with van der Waals surface area (Å²) in [7, 11) is 0. The number of H-pyrrole nitrogens is 1. The van der Waals surface area contributed by atoms with E-state index in [0.29, 0.717) is 11.5 Å². The maximum atomic E-state index is 12.9. The minimum Gasteiger partial charge on any atom is -0.454 e. The van der Waals surface area contributed by atoms with Crippen molar-refractivity contribution < 1.29 is 32.2 Å². The van der Waals surface area contributed by atoms with Gasteiger partial charge >= 0.3 is 12.1 Å². The fraction of sp³-hybridized carbons (Fsp3) is 0.167. The summed E-state index contributed by atoms with van der Waals surface area (Å²) in [5.74, 6) is 0.0971. The molecule has 4 rings (SSSR count). The first-order valence-corrected chi connectivity index (χ1v) is 7.98. The van der Waals surface area contributed by atoms with Crippen molar-refractivity contribution in [3.05, 3.63) is 63.7 Å². The van der Waals surface area contributed by atoms with Crippen molar-refractivity contribution in [2.75, 3.05) is 6.79 Å². The molecule has 0 atom stereocenters. The highest BCUT2D eigenvalue weighted by molar-refractivity contribution is 5.90. The number of hydrogen-bond acceptors (Lipinski definition) is 6. The van der Waals surface area contributed by atoms with E-state index in [2.05, 4.69) is 9.97 Å². The van der Waals surface area contributed by atoms with Crippen molar-refractivity contribution in [2.24, 2.45) is 0 Å². The summed E-state index contributed by atoms with van der Waals surface area (Å²) >= 11 is 0. The van der Waals surface area contributed by atoms with Gasteiger partial charge in [0.25, 0.3) is 5.56 Å². The van der Waals surface area contributed by atoms with Gasteiger partial charge in [-0.05, 0) is 36.4 Å². The molecule has 1 N–H and O–H groups in total. The third-order valence-electron chi connectivity index (χ3n) is 4.03. The third-order valence-corrected chi connectivity index (χ3v) is 4.03. The Morgan fingerprint density at radius 1 is 1.14 bits per heavy atom. The molecule has 28 heavy (non-hydrogen) atoms. The van der Waals surface area contributed by atoms with Crippen molar-refractivity contribution in [1.29, 1.82) is 0 Å². The Morgan fingerprint density at radius 2 is 1.93 bits per heavy atom. The van der Waals surface area contributed by atoms with Gasteiger partial charge < -0.3 is 19.2 Å². The smallest absolute Gasteiger partial charge is 0.416 e. The molecule has 7 nitrogen and oxygen atoms in total. The van der Waals surface area contributed by atoms with E-state index in [1.54, 1.807) is 6.07 Å². The van der Waals surface area contributed by atoms with E-state index in [9.17, 15) is 22.8 Å². The minimum atomic E-state index is -4.57. The van der Waals surface area contributed by atoms with Crippen LogP contribution in [-0.2, 0) is 17.5 Å². The van der Waals surface area contributed by atoms with Crippen LogP contribution in [0.25, 0.3) is 10.9 Å². The first-order chi connectivity index (χ1) is 13.3. The number of ether oxygens (including phenoxy) is 3. The monoisotopic (exact) mass is 392 g/mol. The highest BCUT2D eigenvalue weighted by atomic mass is 19.4. The van der Waals surface area contributed by atoms with Crippen molar-refractivity contribution in [3.63, 3.8) is 0 Å². The molecule has 144 valence electrons. The molecular formula is C18H11F3N2O5. The number of esters is 1. The average Bonchev–Trinajstić information content (AvgIpc) is 3.12. The van der Waals surface area contributed by atoms with Gasteiger partial charge in [-0.1, -0.05) is 0 Å². The molecule has 0 fully saturated rings. The number of alkyl halides is 3. The zero-order valence-corrected chi connectivity index (χ0v) is 14.0. The zero-order chi connectivity index (χ0) is 19.9. The Labute approximate surface area is 154 Å². The van der Waals surface area contributed by atoms with Gasteiger partial charge in [0.05, 0.1) is 22.0 Å². The van der Waals surface area contributed by atoms with Crippen LogP contribution in [0, 0.1) is 0 Å². The highest BCUT2D eigenvalue weighted by Crippen LogP contribution is 2.33. The fourth-order valence-electron chi connectivity index (χ4n) is 2.67. The molecule has 3 aromatic rings. The summed E-state index contributed by atoms with van der Waals surface area (Å²) in [6, 6.07) is 7.09. The molecule has 0 amide bonds. The zero-order valence-electron chi connectivity index (χ0n) is 14.0. The number of carbonyl (C=O) groups is 1. The van der Waals surface area contributed by atoms with Crippen molar-refractivity contribution in [2.45, 2.75) is 12.8 Å². The van der Waals surface area contributed by atoms with E-state index in [-0.39, 0.29) is 29.1 Å². The summed E-state index contributed by atoms with van der Waals surface area (Å²) in [6.07, 6.45) is -4.57. The predicted molar refractivity (Wildman–Crippen MR) is 89.1 cm³/mol. The number of aromatic nitrogens is 2. The molecule has 2 heterocycles. The van der Waals surface area contributed by atoms with E-state index >= 15 is 0 Å². The van der Waals surface area contributed by atoms with Crippen molar-refractivity contribution >= 4 is 16.9 Å².